The van der Waals surface area contributed by atoms with E-state index in [1.807, 2.05) is 61.5 Å². The molecule has 0 aliphatic heterocycles. The average Bonchev–Trinajstić information content (AvgIpc) is 2.92. The predicted octanol–water partition coefficient (Wildman–Crippen LogP) is 4.71. The van der Waals surface area contributed by atoms with Crippen molar-refractivity contribution in [2.45, 2.75) is 13.8 Å². The van der Waals surface area contributed by atoms with E-state index in [0.717, 1.165) is 21.0 Å². The highest BCUT2D eigenvalue weighted by Gasteiger charge is 2.17. The second-order valence-corrected chi connectivity index (χ2v) is 5.98. The van der Waals surface area contributed by atoms with Gasteiger partial charge in [0.25, 0.3) is 0 Å². The van der Waals surface area contributed by atoms with Crippen molar-refractivity contribution in [1.29, 1.82) is 0 Å². The minimum absolute atomic E-state index is 0.363. The van der Waals surface area contributed by atoms with Crippen molar-refractivity contribution in [3.05, 3.63) is 60.2 Å². The van der Waals surface area contributed by atoms with E-state index in [1.54, 1.807) is 0 Å². The summed E-state index contributed by atoms with van der Waals surface area (Å²) in [7, 11) is 0. The number of carbonyl (C=O) groups excluding carboxylic acids is 1. The first-order valence-electron chi connectivity index (χ1n) is 6.95. The van der Waals surface area contributed by atoms with E-state index in [2.05, 4.69) is 4.98 Å². The number of thiazole rings is 1. The number of hydrogen-bond donors (Lipinski definition) is 0. The fraction of sp³-hybridized carbons (Fsp3) is 0.111. The molecular formula is C18H15NO2S. The van der Waals surface area contributed by atoms with Gasteiger partial charge in [0, 0.05) is 12.5 Å². The molecule has 4 heteroatoms. The Labute approximate surface area is 133 Å². The van der Waals surface area contributed by atoms with Crippen LogP contribution >= 0.6 is 11.3 Å². The molecule has 22 heavy (non-hydrogen) atoms. The van der Waals surface area contributed by atoms with Crippen molar-refractivity contribution in [3.63, 3.8) is 0 Å². The van der Waals surface area contributed by atoms with Gasteiger partial charge < -0.3 is 4.74 Å². The Morgan fingerprint density at radius 3 is 2.32 bits per heavy atom. The molecule has 0 spiro atoms. The predicted molar refractivity (Wildman–Crippen MR) is 89.0 cm³/mol. The van der Waals surface area contributed by atoms with Gasteiger partial charge >= 0.3 is 5.97 Å². The van der Waals surface area contributed by atoms with Crippen LogP contribution in [-0.2, 0) is 4.79 Å². The lowest BCUT2D eigenvalue weighted by molar-refractivity contribution is -0.132. The standard InChI is InChI=1S/C18H15NO2S/c1-12-8-10-15(11-9-12)18-19-17(21-13(2)20)16(22-18)14-6-4-3-5-7-14/h3-11H,1-2H3. The molecule has 3 nitrogen and oxygen atoms in total. The lowest BCUT2D eigenvalue weighted by Crippen LogP contribution is -2.02. The molecule has 0 saturated carbocycles. The normalized spacial score (nSPS) is 10.5. The van der Waals surface area contributed by atoms with E-state index in [-0.39, 0.29) is 5.97 Å². The highest BCUT2D eigenvalue weighted by molar-refractivity contribution is 7.18. The zero-order valence-electron chi connectivity index (χ0n) is 12.4. The Bertz CT molecular complexity index is 792. The number of nitrogens with zero attached hydrogens (tertiary/aromatic N) is 1. The van der Waals surface area contributed by atoms with Crippen LogP contribution in [0.4, 0.5) is 0 Å². The van der Waals surface area contributed by atoms with Gasteiger partial charge in [-0.05, 0) is 12.5 Å². The van der Waals surface area contributed by atoms with Crippen molar-refractivity contribution >= 4 is 17.3 Å². The van der Waals surface area contributed by atoms with Gasteiger partial charge in [-0.3, -0.25) is 4.79 Å². The van der Waals surface area contributed by atoms with E-state index < -0.39 is 0 Å². The molecule has 0 amide bonds. The van der Waals surface area contributed by atoms with Gasteiger partial charge in [-0.15, -0.1) is 11.3 Å². The van der Waals surface area contributed by atoms with Crippen LogP contribution in [0.5, 0.6) is 5.88 Å². The Kier molecular flexibility index (Phi) is 4.02. The van der Waals surface area contributed by atoms with Crippen LogP contribution in [0.3, 0.4) is 0 Å². The third kappa shape index (κ3) is 3.07. The summed E-state index contributed by atoms with van der Waals surface area (Å²) in [6, 6.07) is 18.0. The summed E-state index contributed by atoms with van der Waals surface area (Å²) in [6.07, 6.45) is 0. The summed E-state index contributed by atoms with van der Waals surface area (Å²) in [5, 5.41) is 0.843. The molecule has 0 radical (unpaired) electrons. The Balaban J connectivity index is 2.08. The van der Waals surface area contributed by atoms with E-state index in [4.69, 9.17) is 4.74 Å². The molecule has 0 atom stereocenters. The summed E-state index contributed by atoms with van der Waals surface area (Å²) in [4.78, 5) is 16.7. The first kappa shape index (κ1) is 14.5. The largest absolute Gasteiger partial charge is 0.406 e. The Hall–Kier alpha value is -2.46. The third-order valence-electron chi connectivity index (χ3n) is 3.17. The number of hydrogen-bond acceptors (Lipinski definition) is 4. The highest BCUT2D eigenvalue weighted by atomic mass is 32.1. The summed E-state index contributed by atoms with van der Waals surface area (Å²) in [5.74, 6) is 0.0113. The fourth-order valence-corrected chi connectivity index (χ4v) is 3.11. The van der Waals surface area contributed by atoms with Crippen molar-refractivity contribution in [2.75, 3.05) is 0 Å². The number of ether oxygens (including phenoxy) is 1. The van der Waals surface area contributed by atoms with Crippen molar-refractivity contribution in [1.82, 2.24) is 4.98 Å². The lowest BCUT2D eigenvalue weighted by Gasteiger charge is -2.00. The summed E-state index contributed by atoms with van der Waals surface area (Å²) in [6.45, 7) is 3.44. The van der Waals surface area contributed by atoms with Crippen LogP contribution in [0.15, 0.2) is 54.6 Å². The molecule has 0 aliphatic carbocycles. The highest BCUT2D eigenvalue weighted by Crippen LogP contribution is 2.39. The first-order chi connectivity index (χ1) is 10.6. The Morgan fingerprint density at radius 1 is 1.00 bits per heavy atom. The number of aromatic nitrogens is 1. The lowest BCUT2D eigenvalue weighted by atomic mass is 10.2. The van der Waals surface area contributed by atoms with Crippen LogP contribution in [0.25, 0.3) is 21.0 Å². The number of rotatable bonds is 3. The van der Waals surface area contributed by atoms with Crippen LogP contribution in [0.2, 0.25) is 0 Å². The van der Waals surface area contributed by atoms with Gasteiger partial charge in [0.15, 0.2) is 0 Å². The smallest absolute Gasteiger partial charge is 0.309 e. The molecule has 0 fully saturated rings. The second kappa shape index (κ2) is 6.12. The van der Waals surface area contributed by atoms with Crippen molar-refractivity contribution in [3.8, 4) is 26.9 Å². The maximum atomic E-state index is 11.3. The number of aryl methyl sites for hydroxylation is 1. The molecule has 3 aromatic rings. The van der Waals surface area contributed by atoms with Crippen LogP contribution in [-0.4, -0.2) is 11.0 Å². The first-order valence-corrected chi connectivity index (χ1v) is 7.77. The van der Waals surface area contributed by atoms with Crippen molar-refractivity contribution in [2.24, 2.45) is 0 Å². The van der Waals surface area contributed by atoms with Gasteiger partial charge in [0.2, 0.25) is 5.88 Å². The molecule has 1 heterocycles. The maximum absolute atomic E-state index is 11.3. The molecular weight excluding hydrogens is 294 g/mol. The van der Waals surface area contributed by atoms with Crippen LogP contribution in [0, 0.1) is 6.92 Å². The molecule has 0 saturated heterocycles. The Morgan fingerprint density at radius 2 is 1.68 bits per heavy atom. The molecule has 0 unspecified atom stereocenters. The summed E-state index contributed by atoms with van der Waals surface area (Å²) in [5.41, 5.74) is 3.21. The fourth-order valence-electron chi connectivity index (χ4n) is 2.10. The van der Waals surface area contributed by atoms with E-state index in [0.29, 0.717) is 5.88 Å². The minimum Gasteiger partial charge on any atom is -0.406 e. The third-order valence-corrected chi connectivity index (χ3v) is 4.31. The molecule has 0 bridgehead atoms. The second-order valence-electron chi connectivity index (χ2n) is 4.98. The van der Waals surface area contributed by atoms with Crippen LogP contribution < -0.4 is 4.74 Å². The van der Waals surface area contributed by atoms with E-state index in [1.165, 1.54) is 23.8 Å². The molecule has 110 valence electrons. The molecule has 1 aromatic heterocycles. The SMILES string of the molecule is CC(=O)Oc1nc(-c2ccc(C)cc2)sc1-c1ccccc1. The number of esters is 1. The van der Waals surface area contributed by atoms with Gasteiger partial charge in [-0.25, -0.2) is 4.98 Å². The number of benzene rings is 2. The molecule has 0 N–H and O–H groups in total. The average molecular weight is 309 g/mol. The quantitative estimate of drug-likeness (QED) is 0.658. The van der Waals surface area contributed by atoms with Crippen LogP contribution in [0.1, 0.15) is 12.5 Å². The van der Waals surface area contributed by atoms with E-state index in [9.17, 15) is 4.79 Å². The van der Waals surface area contributed by atoms with Crippen molar-refractivity contribution < 1.29 is 9.53 Å². The van der Waals surface area contributed by atoms with Gasteiger partial charge in [0.05, 0.1) is 4.88 Å². The zero-order chi connectivity index (χ0) is 15.5. The topological polar surface area (TPSA) is 39.2 Å². The maximum Gasteiger partial charge on any atom is 0.309 e. The summed E-state index contributed by atoms with van der Waals surface area (Å²) < 4.78 is 5.29. The molecule has 3 rings (SSSR count). The summed E-state index contributed by atoms with van der Waals surface area (Å²) >= 11 is 1.53. The zero-order valence-corrected chi connectivity index (χ0v) is 13.2. The van der Waals surface area contributed by atoms with E-state index >= 15 is 0 Å². The van der Waals surface area contributed by atoms with Gasteiger partial charge in [-0.2, -0.15) is 0 Å². The minimum atomic E-state index is -0.363. The van der Waals surface area contributed by atoms with Gasteiger partial charge in [0.1, 0.15) is 5.01 Å². The number of carbonyl (C=O) groups is 1. The molecule has 0 aliphatic rings. The monoisotopic (exact) mass is 309 g/mol. The molecule has 2 aromatic carbocycles. The van der Waals surface area contributed by atoms with Gasteiger partial charge in [-0.1, -0.05) is 60.2 Å².